The highest BCUT2D eigenvalue weighted by Gasteiger charge is 2.18. The van der Waals surface area contributed by atoms with Gasteiger partial charge >= 0.3 is 0 Å². The molecule has 2 aromatic rings. The topological polar surface area (TPSA) is 57.5 Å². The normalized spacial score (nSPS) is 10.3. The first-order chi connectivity index (χ1) is 8.49. The molecule has 0 amide bonds. The van der Waals surface area contributed by atoms with Crippen LogP contribution in [-0.2, 0) is 0 Å². The van der Waals surface area contributed by atoms with E-state index in [1.807, 2.05) is 0 Å². The number of ketones is 1. The predicted molar refractivity (Wildman–Crippen MR) is 59.6 cm³/mol. The summed E-state index contributed by atoms with van der Waals surface area (Å²) in [6, 6.07) is 5.94. The van der Waals surface area contributed by atoms with E-state index in [1.54, 1.807) is 0 Å². The van der Waals surface area contributed by atoms with Crippen molar-refractivity contribution in [2.75, 3.05) is 0 Å². The lowest BCUT2D eigenvalue weighted by Gasteiger charge is -2.05. The summed E-state index contributed by atoms with van der Waals surface area (Å²) in [5.41, 5.74) is -0.699. The Morgan fingerprint density at radius 1 is 0.833 bits per heavy atom. The van der Waals surface area contributed by atoms with Gasteiger partial charge in [-0.2, -0.15) is 0 Å². The number of phenols is 2. The first kappa shape index (κ1) is 12.0. The Labute approximate surface area is 101 Å². The molecule has 0 saturated carbocycles. The molecule has 3 nitrogen and oxygen atoms in total. The lowest BCUT2D eigenvalue weighted by Crippen LogP contribution is -2.06. The second kappa shape index (κ2) is 4.44. The zero-order chi connectivity index (χ0) is 13.3. The Bertz CT molecular complexity index is 570. The molecule has 0 bridgehead atoms. The van der Waals surface area contributed by atoms with Crippen LogP contribution in [0.15, 0.2) is 36.4 Å². The van der Waals surface area contributed by atoms with E-state index in [-0.39, 0.29) is 22.6 Å². The second-order valence-corrected chi connectivity index (χ2v) is 3.66. The van der Waals surface area contributed by atoms with E-state index < -0.39 is 17.4 Å². The number of rotatable bonds is 2. The van der Waals surface area contributed by atoms with Gasteiger partial charge in [0.2, 0.25) is 0 Å². The van der Waals surface area contributed by atoms with Gasteiger partial charge in [-0.25, -0.2) is 8.78 Å². The molecule has 2 N–H and O–H groups in total. The summed E-state index contributed by atoms with van der Waals surface area (Å²) in [4.78, 5) is 11.9. The maximum Gasteiger partial charge on any atom is 0.198 e. The maximum absolute atomic E-state index is 13.4. The number of benzene rings is 2. The molecule has 0 aliphatic carbocycles. The van der Waals surface area contributed by atoms with Gasteiger partial charge in [-0.05, 0) is 24.3 Å². The van der Waals surface area contributed by atoms with Crippen molar-refractivity contribution < 1.29 is 23.8 Å². The van der Waals surface area contributed by atoms with E-state index >= 15 is 0 Å². The van der Waals surface area contributed by atoms with Gasteiger partial charge in [0.15, 0.2) is 5.78 Å². The second-order valence-electron chi connectivity index (χ2n) is 3.66. The summed E-state index contributed by atoms with van der Waals surface area (Å²) in [5.74, 6) is -3.38. The van der Waals surface area contributed by atoms with Crippen LogP contribution in [0.5, 0.6) is 11.5 Å². The highest BCUT2D eigenvalue weighted by Crippen LogP contribution is 2.21. The van der Waals surface area contributed by atoms with Gasteiger partial charge < -0.3 is 10.2 Å². The van der Waals surface area contributed by atoms with Crippen molar-refractivity contribution in [3.8, 4) is 11.5 Å². The van der Waals surface area contributed by atoms with Crippen LogP contribution >= 0.6 is 0 Å². The largest absolute Gasteiger partial charge is 0.508 e. The number of carbonyl (C=O) groups is 1. The zero-order valence-corrected chi connectivity index (χ0v) is 9.02. The number of aromatic hydroxyl groups is 2. The number of hydrogen-bond acceptors (Lipinski definition) is 3. The van der Waals surface area contributed by atoms with E-state index in [0.717, 1.165) is 36.4 Å². The number of phenolic OH excluding ortho intramolecular Hbond substituents is 2. The van der Waals surface area contributed by atoms with Gasteiger partial charge in [-0.3, -0.25) is 4.79 Å². The third-order valence-electron chi connectivity index (χ3n) is 2.39. The molecule has 18 heavy (non-hydrogen) atoms. The number of hydrogen-bond donors (Lipinski definition) is 2. The minimum Gasteiger partial charge on any atom is -0.508 e. The van der Waals surface area contributed by atoms with Crippen molar-refractivity contribution in [1.82, 2.24) is 0 Å². The van der Waals surface area contributed by atoms with Crippen molar-refractivity contribution in [3.63, 3.8) is 0 Å². The Morgan fingerprint density at radius 3 is 1.56 bits per heavy atom. The van der Waals surface area contributed by atoms with Gasteiger partial charge in [0, 0.05) is 12.1 Å². The van der Waals surface area contributed by atoms with E-state index in [1.165, 1.54) is 0 Å². The molecule has 0 unspecified atom stereocenters. The highest BCUT2D eigenvalue weighted by molar-refractivity contribution is 6.09. The molecule has 0 saturated heterocycles. The Hall–Kier alpha value is -2.43. The van der Waals surface area contributed by atoms with Crippen molar-refractivity contribution >= 4 is 5.78 Å². The fourth-order valence-corrected chi connectivity index (χ4v) is 1.52. The molecule has 0 aromatic heterocycles. The first-order valence-corrected chi connectivity index (χ1v) is 5.01. The molecule has 0 spiro atoms. The van der Waals surface area contributed by atoms with Crippen molar-refractivity contribution in [2.24, 2.45) is 0 Å². The molecule has 2 rings (SSSR count). The quantitative estimate of drug-likeness (QED) is 0.805. The van der Waals surface area contributed by atoms with Crippen LogP contribution in [0, 0.1) is 11.6 Å². The molecule has 0 aliphatic heterocycles. The van der Waals surface area contributed by atoms with Crippen LogP contribution in [0.2, 0.25) is 0 Å². The molecule has 0 aliphatic rings. The minimum atomic E-state index is -0.938. The molecule has 0 atom stereocenters. The predicted octanol–water partition coefficient (Wildman–Crippen LogP) is 2.61. The minimum absolute atomic E-state index is 0.324. The molecule has 0 radical (unpaired) electrons. The third kappa shape index (κ3) is 2.15. The van der Waals surface area contributed by atoms with E-state index in [9.17, 15) is 13.6 Å². The van der Waals surface area contributed by atoms with Crippen LogP contribution in [0.4, 0.5) is 8.78 Å². The van der Waals surface area contributed by atoms with Gasteiger partial charge in [0.25, 0.3) is 0 Å². The number of halogens is 2. The smallest absolute Gasteiger partial charge is 0.198 e. The van der Waals surface area contributed by atoms with Crippen molar-refractivity contribution in [1.29, 1.82) is 0 Å². The van der Waals surface area contributed by atoms with E-state index in [0.29, 0.717) is 0 Å². The zero-order valence-electron chi connectivity index (χ0n) is 9.02. The monoisotopic (exact) mass is 250 g/mol. The summed E-state index contributed by atoms with van der Waals surface area (Å²) in [6.45, 7) is 0. The summed E-state index contributed by atoms with van der Waals surface area (Å²) < 4.78 is 26.9. The molecule has 2 aromatic carbocycles. The van der Waals surface area contributed by atoms with E-state index in [4.69, 9.17) is 10.2 Å². The molecule has 92 valence electrons. The Balaban J connectivity index is 2.48. The highest BCUT2D eigenvalue weighted by atomic mass is 19.1. The van der Waals surface area contributed by atoms with Crippen LogP contribution in [0.3, 0.4) is 0 Å². The van der Waals surface area contributed by atoms with Crippen LogP contribution in [0.1, 0.15) is 15.9 Å². The number of carbonyl (C=O) groups excluding carboxylic acids is 1. The fraction of sp³-hybridized carbons (Fsp3) is 0. The summed E-state index contributed by atoms with van der Waals surface area (Å²) in [7, 11) is 0. The molecule has 5 heteroatoms. The molecule has 0 fully saturated rings. The summed E-state index contributed by atoms with van der Waals surface area (Å²) in [6.07, 6.45) is 0. The van der Waals surface area contributed by atoms with Crippen molar-refractivity contribution in [2.45, 2.75) is 0 Å². The van der Waals surface area contributed by atoms with Crippen molar-refractivity contribution in [3.05, 3.63) is 59.2 Å². The standard InChI is InChI=1S/C13H8F2O3/c14-11-5-7(16)1-3-9(11)13(18)10-4-2-8(17)6-12(10)15/h1-6,16-17H. The van der Waals surface area contributed by atoms with Gasteiger partial charge in [-0.15, -0.1) is 0 Å². The van der Waals surface area contributed by atoms with Crippen LogP contribution < -0.4 is 0 Å². The van der Waals surface area contributed by atoms with Gasteiger partial charge in [0.1, 0.15) is 23.1 Å². The van der Waals surface area contributed by atoms with Gasteiger partial charge in [0.05, 0.1) is 11.1 Å². The lowest BCUT2D eigenvalue weighted by molar-refractivity contribution is 0.103. The fourth-order valence-electron chi connectivity index (χ4n) is 1.52. The maximum atomic E-state index is 13.4. The molecular weight excluding hydrogens is 242 g/mol. The Morgan fingerprint density at radius 2 is 1.22 bits per heavy atom. The summed E-state index contributed by atoms with van der Waals surface area (Å²) in [5, 5.41) is 18.0. The molecule has 0 heterocycles. The van der Waals surface area contributed by atoms with E-state index in [2.05, 4.69) is 0 Å². The van der Waals surface area contributed by atoms with Crippen LogP contribution in [-0.4, -0.2) is 16.0 Å². The average Bonchev–Trinajstić information content (AvgIpc) is 2.28. The lowest BCUT2D eigenvalue weighted by atomic mass is 10.0. The third-order valence-corrected chi connectivity index (χ3v) is 2.39. The SMILES string of the molecule is O=C(c1ccc(O)cc1F)c1ccc(O)cc1F. The molecular formula is C13H8F2O3. The first-order valence-electron chi connectivity index (χ1n) is 5.01. The summed E-state index contributed by atoms with van der Waals surface area (Å²) >= 11 is 0. The average molecular weight is 250 g/mol. The van der Waals surface area contributed by atoms with Crippen LogP contribution in [0.25, 0.3) is 0 Å². The van der Waals surface area contributed by atoms with Gasteiger partial charge in [-0.1, -0.05) is 0 Å². The Kier molecular flexibility index (Phi) is 2.97.